The quantitative estimate of drug-likeness (QED) is 0.808. The van der Waals surface area contributed by atoms with Crippen molar-refractivity contribution < 1.29 is 9.84 Å². The summed E-state index contributed by atoms with van der Waals surface area (Å²) in [5.74, 6) is 0. The van der Waals surface area contributed by atoms with Gasteiger partial charge in [-0.2, -0.15) is 11.3 Å². The predicted molar refractivity (Wildman–Crippen MR) is 79.6 cm³/mol. The number of thiophene rings is 1. The van der Waals surface area contributed by atoms with Gasteiger partial charge >= 0.3 is 0 Å². The highest BCUT2D eigenvalue weighted by atomic mass is 32.1. The maximum absolute atomic E-state index is 9.89. The summed E-state index contributed by atoms with van der Waals surface area (Å²) in [6, 6.07) is 0. The number of ether oxygens (including phenoxy) is 1. The molecule has 2 N–H and O–H groups in total. The maximum Gasteiger partial charge on any atom is 0.0897 e. The number of aliphatic hydroxyl groups excluding tert-OH is 1. The minimum absolute atomic E-state index is 0.377. The van der Waals surface area contributed by atoms with E-state index in [9.17, 15) is 5.11 Å². The van der Waals surface area contributed by atoms with E-state index >= 15 is 0 Å². The standard InChI is InChI=1S/C15H25NO2S/c1-12-10-19-11-13(12)7-16-8-14(17)9-18-15-5-3-2-4-6-15/h10-11,14-17H,2-9H2,1H3. The molecule has 1 fully saturated rings. The minimum atomic E-state index is -0.402. The second-order valence-electron chi connectivity index (χ2n) is 5.46. The van der Waals surface area contributed by atoms with Crippen molar-refractivity contribution in [3.05, 3.63) is 21.9 Å². The van der Waals surface area contributed by atoms with E-state index in [2.05, 4.69) is 23.0 Å². The zero-order valence-corrected chi connectivity index (χ0v) is 12.5. The van der Waals surface area contributed by atoms with Gasteiger partial charge in [-0.15, -0.1) is 0 Å². The van der Waals surface area contributed by atoms with Crippen molar-refractivity contribution in [2.75, 3.05) is 13.2 Å². The van der Waals surface area contributed by atoms with E-state index < -0.39 is 6.10 Å². The Bertz CT molecular complexity index is 361. The van der Waals surface area contributed by atoms with Gasteiger partial charge in [0.2, 0.25) is 0 Å². The van der Waals surface area contributed by atoms with Gasteiger partial charge in [-0.25, -0.2) is 0 Å². The van der Waals surface area contributed by atoms with Crippen molar-refractivity contribution in [2.45, 2.75) is 57.8 Å². The van der Waals surface area contributed by atoms with Crippen LogP contribution < -0.4 is 5.32 Å². The van der Waals surface area contributed by atoms with E-state index in [0.717, 1.165) is 19.4 Å². The van der Waals surface area contributed by atoms with Crippen LogP contribution in [-0.2, 0) is 11.3 Å². The van der Waals surface area contributed by atoms with Gasteiger partial charge in [0.15, 0.2) is 0 Å². The Labute approximate surface area is 120 Å². The molecule has 1 aliphatic rings. The van der Waals surface area contributed by atoms with Crippen molar-refractivity contribution in [3.63, 3.8) is 0 Å². The van der Waals surface area contributed by atoms with Crippen LogP contribution in [-0.4, -0.2) is 30.5 Å². The minimum Gasteiger partial charge on any atom is -0.389 e. The number of aryl methyl sites for hydroxylation is 1. The fourth-order valence-electron chi connectivity index (χ4n) is 2.48. The summed E-state index contributed by atoms with van der Waals surface area (Å²) >= 11 is 1.73. The van der Waals surface area contributed by atoms with E-state index in [-0.39, 0.29) is 0 Å². The first-order chi connectivity index (χ1) is 9.25. The number of hydrogen-bond acceptors (Lipinski definition) is 4. The smallest absolute Gasteiger partial charge is 0.0897 e. The first kappa shape index (κ1) is 15.0. The molecule has 1 aromatic rings. The second kappa shape index (κ2) is 8.00. The molecular weight excluding hydrogens is 258 g/mol. The molecule has 0 spiro atoms. The summed E-state index contributed by atoms with van der Waals surface area (Å²) in [4.78, 5) is 0. The molecular formula is C15H25NO2S. The predicted octanol–water partition coefficient (Wildman–Crippen LogP) is 2.86. The third kappa shape index (κ3) is 5.22. The lowest BCUT2D eigenvalue weighted by Gasteiger charge is -2.23. The van der Waals surface area contributed by atoms with Crippen LogP contribution >= 0.6 is 11.3 Å². The zero-order valence-electron chi connectivity index (χ0n) is 11.7. The molecule has 1 atom stereocenters. The lowest BCUT2D eigenvalue weighted by Crippen LogP contribution is -2.32. The second-order valence-corrected chi connectivity index (χ2v) is 6.20. The van der Waals surface area contributed by atoms with Gasteiger partial charge < -0.3 is 15.2 Å². The highest BCUT2D eigenvalue weighted by molar-refractivity contribution is 7.08. The molecule has 3 nitrogen and oxygen atoms in total. The third-order valence-corrected chi connectivity index (χ3v) is 4.64. The van der Waals surface area contributed by atoms with Crippen molar-refractivity contribution in [1.82, 2.24) is 5.32 Å². The Hall–Kier alpha value is -0.420. The highest BCUT2D eigenvalue weighted by Crippen LogP contribution is 2.20. The molecule has 0 amide bonds. The summed E-state index contributed by atoms with van der Waals surface area (Å²) in [5, 5.41) is 17.5. The molecule has 1 saturated carbocycles. The van der Waals surface area contributed by atoms with E-state index in [4.69, 9.17) is 4.74 Å². The van der Waals surface area contributed by atoms with Crippen molar-refractivity contribution in [1.29, 1.82) is 0 Å². The molecule has 0 bridgehead atoms. The number of nitrogens with one attached hydrogen (secondary N) is 1. The topological polar surface area (TPSA) is 41.5 Å². The molecule has 2 rings (SSSR count). The van der Waals surface area contributed by atoms with Gasteiger partial charge in [0, 0.05) is 13.1 Å². The Balaban J connectivity index is 1.56. The van der Waals surface area contributed by atoms with Gasteiger partial charge in [0.25, 0.3) is 0 Å². The largest absolute Gasteiger partial charge is 0.389 e. The lowest BCUT2D eigenvalue weighted by atomic mass is 9.98. The molecule has 1 heterocycles. The van der Waals surface area contributed by atoms with E-state index in [1.165, 1.54) is 30.4 Å². The molecule has 0 aliphatic heterocycles. The first-order valence-corrected chi connectivity index (χ1v) is 8.22. The van der Waals surface area contributed by atoms with E-state index in [1.54, 1.807) is 11.3 Å². The van der Waals surface area contributed by atoms with Crippen molar-refractivity contribution in [3.8, 4) is 0 Å². The van der Waals surface area contributed by atoms with E-state index in [0.29, 0.717) is 19.3 Å². The molecule has 19 heavy (non-hydrogen) atoms. The number of aliphatic hydroxyl groups is 1. The molecule has 108 valence electrons. The van der Waals surface area contributed by atoms with Crippen LogP contribution in [0.5, 0.6) is 0 Å². The van der Waals surface area contributed by atoms with Crippen LogP contribution in [0.25, 0.3) is 0 Å². The molecule has 0 radical (unpaired) electrons. The molecule has 0 aromatic carbocycles. The van der Waals surface area contributed by atoms with Crippen molar-refractivity contribution >= 4 is 11.3 Å². The molecule has 1 unspecified atom stereocenters. The van der Waals surface area contributed by atoms with Crippen LogP contribution in [0.15, 0.2) is 10.8 Å². The molecule has 1 aromatic heterocycles. The molecule has 4 heteroatoms. The van der Waals surface area contributed by atoms with Gasteiger partial charge in [-0.05, 0) is 41.7 Å². The highest BCUT2D eigenvalue weighted by Gasteiger charge is 2.15. The van der Waals surface area contributed by atoms with Gasteiger partial charge in [-0.3, -0.25) is 0 Å². The average Bonchev–Trinajstić information content (AvgIpc) is 2.83. The van der Waals surface area contributed by atoms with Crippen LogP contribution in [0.4, 0.5) is 0 Å². The molecule has 0 saturated heterocycles. The van der Waals surface area contributed by atoms with Gasteiger partial charge in [0.1, 0.15) is 0 Å². The SMILES string of the molecule is Cc1cscc1CNCC(O)COC1CCCCC1. The number of rotatable bonds is 7. The number of hydrogen-bond donors (Lipinski definition) is 2. The Morgan fingerprint density at radius 2 is 2.16 bits per heavy atom. The lowest BCUT2D eigenvalue weighted by molar-refractivity contribution is -0.0230. The first-order valence-electron chi connectivity index (χ1n) is 7.27. The monoisotopic (exact) mass is 283 g/mol. The Morgan fingerprint density at radius 1 is 1.37 bits per heavy atom. The van der Waals surface area contributed by atoms with Crippen LogP contribution in [0.2, 0.25) is 0 Å². The summed E-state index contributed by atoms with van der Waals surface area (Å²) in [6.45, 7) is 4.01. The summed E-state index contributed by atoms with van der Waals surface area (Å²) in [5.41, 5.74) is 2.65. The fraction of sp³-hybridized carbons (Fsp3) is 0.733. The average molecular weight is 283 g/mol. The Morgan fingerprint density at radius 3 is 2.84 bits per heavy atom. The third-order valence-electron chi connectivity index (χ3n) is 3.73. The van der Waals surface area contributed by atoms with Gasteiger partial charge in [-0.1, -0.05) is 19.3 Å². The summed E-state index contributed by atoms with van der Waals surface area (Å²) in [6.07, 6.45) is 6.18. The summed E-state index contributed by atoms with van der Waals surface area (Å²) < 4.78 is 5.77. The van der Waals surface area contributed by atoms with E-state index in [1.807, 2.05) is 0 Å². The fourth-order valence-corrected chi connectivity index (χ4v) is 3.34. The van der Waals surface area contributed by atoms with Crippen LogP contribution in [0, 0.1) is 6.92 Å². The van der Waals surface area contributed by atoms with Crippen LogP contribution in [0.1, 0.15) is 43.2 Å². The Kier molecular flexibility index (Phi) is 6.31. The summed E-state index contributed by atoms with van der Waals surface area (Å²) in [7, 11) is 0. The van der Waals surface area contributed by atoms with Crippen molar-refractivity contribution in [2.24, 2.45) is 0 Å². The zero-order chi connectivity index (χ0) is 13.5. The molecule has 1 aliphatic carbocycles. The van der Waals surface area contributed by atoms with Gasteiger partial charge in [0.05, 0.1) is 18.8 Å². The van der Waals surface area contributed by atoms with Crippen LogP contribution in [0.3, 0.4) is 0 Å². The normalized spacial score (nSPS) is 18.6. The maximum atomic E-state index is 9.89.